The highest BCUT2D eigenvalue weighted by Crippen LogP contribution is 2.24. The van der Waals surface area contributed by atoms with Gasteiger partial charge in [0.25, 0.3) is 0 Å². The fraction of sp³-hybridized carbons (Fsp3) is 0.667. The van der Waals surface area contributed by atoms with Crippen molar-refractivity contribution in [3.8, 4) is 0 Å². The summed E-state index contributed by atoms with van der Waals surface area (Å²) in [5, 5.41) is 0. The van der Waals surface area contributed by atoms with E-state index in [0.717, 1.165) is 32.8 Å². The summed E-state index contributed by atoms with van der Waals surface area (Å²) in [6.45, 7) is 30.4. The quantitative estimate of drug-likeness (QED) is 0.344. The van der Waals surface area contributed by atoms with Gasteiger partial charge in [-0.2, -0.15) is 4.31 Å². The van der Waals surface area contributed by atoms with Crippen LogP contribution >= 0.6 is 0 Å². The number of hydrogen-bond acceptors (Lipinski definition) is 4. The summed E-state index contributed by atoms with van der Waals surface area (Å²) in [6, 6.07) is 17.7. The second kappa shape index (κ2) is 16.9. The lowest BCUT2D eigenvalue weighted by Gasteiger charge is -2.35. The van der Waals surface area contributed by atoms with Gasteiger partial charge in [-0.05, 0) is 61.1 Å². The van der Waals surface area contributed by atoms with Crippen LogP contribution in [0.4, 0.5) is 0 Å². The molecule has 1 aliphatic rings. The molecule has 1 aliphatic heterocycles. The third-order valence-electron chi connectivity index (χ3n) is 7.23. The van der Waals surface area contributed by atoms with Gasteiger partial charge in [0.1, 0.15) is 0 Å². The molecule has 242 valence electrons. The van der Waals surface area contributed by atoms with Crippen molar-refractivity contribution in [2.75, 3.05) is 45.6 Å². The molecule has 0 amide bonds. The zero-order chi connectivity index (χ0) is 31.6. The molecule has 1 saturated heterocycles. The first-order chi connectivity index (χ1) is 18.6. The molecule has 1 fully saturated rings. The summed E-state index contributed by atoms with van der Waals surface area (Å²) in [6.07, 6.45) is 1.28. The summed E-state index contributed by atoms with van der Waals surface area (Å²) < 4.78 is 30.3. The van der Waals surface area contributed by atoms with E-state index in [4.69, 9.17) is 4.74 Å². The van der Waals surface area contributed by atoms with Crippen LogP contribution in [0.3, 0.4) is 0 Å². The zero-order valence-corrected chi connectivity index (χ0v) is 29.3. The van der Waals surface area contributed by atoms with Crippen LogP contribution < -0.4 is 0 Å². The van der Waals surface area contributed by atoms with E-state index in [-0.39, 0.29) is 23.8 Å². The van der Waals surface area contributed by atoms with Crippen molar-refractivity contribution < 1.29 is 13.2 Å². The van der Waals surface area contributed by atoms with Crippen LogP contribution in [0.2, 0.25) is 0 Å². The molecule has 0 saturated carbocycles. The Bertz CT molecular complexity index is 1110. The second-order valence-corrected chi connectivity index (χ2v) is 16.5. The normalized spacial score (nSPS) is 14.8. The highest BCUT2D eigenvalue weighted by atomic mass is 32.2. The second-order valence-electron chi connectivity index (χ2n) is 14.6. The lowest BCUT2D eigenvalue weighted by atomic mass is 9.86. The van der Waals surface area contributed by atoms with E-state index in [1.54, 1.807) is 4.31 Å². The van der Waals surface area contributed by atoms with E-state index >= 15 is 0 Å². The van der Waals surface area contributed by atoms with Gasteiger partial charge in [-0.1, -0.05) is 117 Å². The Morgan fingerprint density at radius 3 is 1.52 bits per heavy atom. The van der Waals surface area contributed by atoms with Gasteiger partial charge in [0, 0.05) is 31.7 Å². The van der Waals surface area contributed by atoms with Crippen LogP contribution in [0.5, 0.6) is 0 Å². The average molecular weight is 605 g/mol. The maximum absolute atomic E-state index is 11.7. The summed E-state index contributed by atoms with van der Waals surface area (Å²) >= 11 is 0. The van der Waals surface area contributed by atoms with Crippen LogP contribution in [0, 0.1) is 6.92 Å². The number of benzene rings is 2. The first-order valence-corrected chi connectivity index (χ1v) is 16.9. The lowest BCUT2D eigenvalue weighted by molar-refractivity contribution is 0.0341. The molecule has 2 aromatic carbocycles. The molecule has 3 rings (SSSR count). The van der Waals surface area contributed by atoms with Crippen molar-refractivity contribution in [2.45, 2.75) is 113 Å². The predicted molar refractivity (Wildman–Crippen MR) is 184 cm³/mol. The molecule has 1 heterocycles. The van der Waals surface area contributed by atoms with Crippen LogP contribution in [0.15, 0.2) is 48.5 Å². The van der Waals surface area contributed by atoms with Gasteiger partial charge < -0.3 is 4.74 Å². The van der Waals surface area contributed by atoms with Crippen molar-refractivity contribution in [1.82, 2.24) is 9.21 Å². The van der Waals surface area contributed by atoms with E-state index in [0.29, 0.717) is 12.5 Å². The van der Waals surface area contributed by atoms with Crippen molar-refractivity contribution in [3.05, 3.63) is 70.8 Å². The van der Waals surface area contributed by atoms with Gasteiger partial charge in [0.15, 0.2) is 0 Å². The Hall–Kier alpha value is -1.73. The van der Waals surface area contributed by atoms with Gasteiger partial charge in [0.2, 0.25) is 10.0 Å². The highest BCUT2D eigenvalue weighted by Gasteiger charge is 2.29. The van der Waals surface area contributed by atoms with E-state index in [2.05, 4.69) is 116 Å². The minimum absolute atomic E-state index is 0. The van der Waals surface area contributed by atoms with Crippen LogP contribution in [0.1, 0.15) is 112 Å². The SMILES string of the molecule is C.CC(C)(C)N(CCN1CCOCC1)S(C)(=O)=O.CC(C)c1ccc(C(C)(C)C)cc1.Cc1ccc(C(C)(C)C)cc1. The van der Waals surface area contributed by atoms with Crippen molar-refractivity contribution in [2.24, 2.45) is 0 Å². The standard InChI is InChI=1S/C13H20.C11H24N2O3S.C11H16.CH4/c1-10(2)11-6-8-12(9-7-11)13(3,4)5;1-11(2,3)13(17(4,14)15)6-5-12-7-9-16-10-8-12;1-9-5-7-10(8-6-9)11(2,3)4;/h6-10H,1-5H3;5-10H2,1-4H3;5-8H,1-4H3;1H4. The van der Waals surface area contributed by atoms with E-state index in [9.17, 15) is 8.42 Å². The van der Waals surface area contributed by atoms with E-state index in [1.165, 1.54) is 28.5 Å². The molecule has 0 radical (unpaired) electrons. The van der Waals surface area contributed by atoms with Crippen LogP contribution in [-0.2, 0) is 25.6 Å². The minimum atomic E-state index is -3.15. The number of sulfonamides is 1. The zero-order valence-electron chi connectivity index (χ0n) is 28.5. The van der Waals surface area contributed by atoms with E-state index < -0.39 is 10.0 Å². The minimum Gasteiger partial charge on any atom is -0.379 e. The number of hydrogen-bond donors (Lipinski definition) is 0. The van der Waals surface area contributed by atoms with Crippen LogP contribution in [0.25, 0.3) is 0 Å². The molecule has 0 unspecified atom stereocenters. The third kappa shape index (κ3) is 15.1. The van der Waals surface area contributed by atoms with E-state index in [1.807, 2.05) is 20.8 Å². The Morgan fingerprint density at radius 1 is 0.786 bits per heavy atom. The average Bonchev–Trinajstić information content (AvgIpc) is 2.83. The Morgan fingerprint density at radius 2 is 1.19 bits per heavy atom. The Labute approximate surface area is 261 Å². The molecular weight excluding hydrogens is 540 g/mol. The fourth-order valence-corrected chi connectivity index (χ4v) is 5.89. The predicted octanol–water partition coefficient (Wildman–Crippen LogP) is 8.41. The van der Waals surface area contributed by atoms with Gasteiger partial charge in [-0.15, -0.1) is 0 Å². The van der Waals surface area contributed by atoms with Crippen molar-refractivity contribution >= 4 is 10.0 Å². The first kappa shape index (κ1) is 40.3. The molecular formula is C36H64N2O3S. The molecule has 0 aromatic heterocycles. The van der Waals surface area contributed by atoms with Crippen molar-refractivity contribution in [3.63, 3.8) is 0 Å². The summed E-state index contributed by atoms with van der Waals surface area (Å²) in [5.41, 5.74) is 5.77. The lowest BCUT2D eigenvalue weighted by Crippen LogP contribution is -2.49. The monoisotopic (exact) mass is 604 g/mol. The maximum Gasteiger partial charge on any atom is 0.211 e. The summed E-state index contributed by atoms with van der Waals surface area (Å²) in [4.78, 5) is 2.24. The van der Waals surface area contributed by atoms with Gasteiger partial charge >= 0.3 is 0 Å². The summed E-state index contributed by atoms with van der Waals surface area (Å²) in [5.74, 6) is 0.633. The Balaban J connectivity index is 0.000000608. The van der Waals surface area contributed by atoms with Crippen molar-refractivity contribution in [1.29, 1.82) is 0 Å². The van der Waals surface area contributed by atoms with Gasteiger partial charge in [-0.25, -0.2) is 8.42 Å². The number of nitrogens with zero attached hydrogens (tertiary/aromatic N) is 2. The number of morpholine rings is 1. The van der Waals surface area contributed by atoms with Crippen LogP contribution in [-0.4, -0.2) is 68.8 Å². The Kier molecular flexibility index (Phi) is 16.2. The molecule has 2 aromatic rings. The number of ether oxygens (including phenoxy) is 1. The molecule has 0 bridgehead atoms. The topological polar surface area (TPSA) is 49.9 Å². The number of aryl methyl sites for hydroxylation is 1. The highest BCUT2D eigenvalue weighted by molar-refractivity contribution is 7.88. The fourth-order valence-electron chi connectivity index (χ4n) is 4.48. The van der Waals surface area contributed by atoms with Gasteiger partial charge in [-0.3, -0.25) is 4.90 Å². The molecule has 0 atom stereocenters. The molecule has 0 N–H and O–H groups in total. The number of rotatable bonds is 5. The third-order valence-corrected chi connectivity index (χ3v) is 8.76. The van der Waals surface area contributed by atoms with Gasteiger partial charge in [0.05, 0.1) is 19.5 Å². The largest absolute Gasteiger partial charge is 0.379 e. The molecule has 0 aliphatic carbocycles. The maximum atomic E-state index is 11.7. The summed E-state index contributed by atoms with van der Waals surface area (Å²) in [7, 11) is -3.15. The molecule has 5 nitrogen and oxygen atoms in total. The smallest absolute Gasteiger partial charge is 0.211 e. The molecule has 0 spiro atoms. The molecule has 6 heteroatoms. The molecule has 42 heavy (non-hydrogen) atoms. The first-order valence-electron chi connectivity index (χ1n) is 15.1.